The van der Waals surface area contributed by atoms with Gasteiger partial charge in [0.05, 0.1) is 28.7 Å². The number of pyridine rings is 1. The SMILES string of the molecule is CC(C)(C)OC(=O)Nc1ccc(-c2ccco2)cc1NC(=O)c1cnc2cc(N3CCNCC3)ccc2c1. The summed E-state index contributed by atoms with van der Waals surface area (Å²) in [6.45, 7) is 9.16. The van der Waals surface area contributed by atoms with Gasteiger partial charge in [0.15, 0.2) is 0 Å². The first-order chi connectivity index (χ1) is 18.2. The number of carbonyl (C=O) groups excluding carboxylic acids is 2. The van der Waals surface area contributed by atoms with Crippen LogP contribution in [0.3, 0.4) is 0 Å². The zero-order chi connectivity index (χ0) is 26.7. The van der Waals surface area contributed by atoms with Gasteiger partial charge in [-0.15, -0.1) is 0 Å². The van der Waals surface area contributed by atoms with Crippen molar-refractivity contribution in [1.82, 2.24) is 10.3 Å². The molecule has 9 nitrogen and oxygen atoms in total. The van der Waals surface area contributed by atoms with Crippen molar-refractivity contribution in [3.8, 4) is 11.3 Å². The minimum absolute atomic E-state index is 0.352. The monoisotopic (exact) mass is 513 g/mol. The van der Waals surface area contributed by atoms with Gasteiger partial charge < -0.3 is 24.7 Å². The molecule has 5 rings (SSSR count). The molecule has 0 unspecified atom stereocenters. The van der Waals surface area contributed by atoms with Crippen LogP contribution in [0.5, 0.6) is 0 Å². The van der Waals surface area contributed by atoms with Crippen molar-refractivity contribution < 1.29 is 18.7 Å². The highest BCUT2D eigenvalue weighted by atomic mass is 16.6. The Morgan fingerprint density at radius 2 is 1.82 bits per heavy atom. The summed E-state index contributed by atoms with van der Waals surface area (Å²) in [5.41, 5.74) is 3.24. The second-order valence-electron chi connectivity index (χ2n) is 10.2. The fraction of sp³-hybridized carbons (Fsp3) is 0.276. The smallest absolute Gasteiger partial charge is 0.412 e. The van der Waals surface area contributed by atoms with E-state index in [1.807, 2.05) is 18.2 Å². The predicted octanol–water partition coefficient (Wildman–Crippen LogP) is 5.50. The summed E-state index contributed by atoms with van der Waals surface area (Å²) in [7, 11) is 0. The Kier molecular flexibility index (Phi) is 7.02. The number of ether oxygens (including phenoxy) is 1. The first kappa shape index (κ1) is 25.3. The number of furan rings is 1. The van der Waals surface area contributed by atoms with Crippen molar-refractivity contribution in [2.45, 2.75) is 26.4 Å². The van der Waals surface area contributed by atoms with E-state index in [9.17, 15) is 9.59 Å². The zero-order valence-electron chi connectivity index (χ0n) is 21.7. The minimum Gasteiger partial charge on any atom is -0.464 e. The summed E-state index contributed by atoms with van der Waals surface area (Å²) in [5, 5.41) is 9.88. The van der Waals surface area contributed by atoms with Gasteiger partial charge in [-0.1, -0.05) is 6.07 Å². The molecule has 1 aliphatic rings. The second-order valence-corrected chi connectivity index (χ2v) is 10.2. The molecule has 38 heavy (non-hydrogen) atoms. The van der Waals surface area contributed by atoms with Gasteiger partial charge in [-0.05, 0) is 69.3 Å². The van der Waals surface area contributed by atoms with E-state index in [0.717, 1.165) is 48.3 Å². The van der Waals surface area contributed by atoms with Gasteiger partial charge in [0.25, 0.3) is 5.91 Å². The number of aromatic nitrogens is 1. The van der Waals surface area contributed by atoms with Crippen LogP contribution in [0, 0.1) is 0 Å². The van der Waals surface area contributed by atoms with Crippen LogP contribution < -0.4 is 20.9 Å². The molecule has 1 aliphatic heterocycles. The molecule has 9 heteroatoms. The molecular weight excluding hydrogens is 482 g/mol. The number of benzene rings is 2. The number of rotatable bonds is 5. The first-order valence-corrected chi connectivity index (χ1v) is 12.6. The maximum atomic E-state index is 13.3. The van der Waals surface area contributed by atoms with E-state index >= 15 is 0 Å². The van der Waals surface area contributed by atoms with Gasteiger partial charge >= 0.3 is 6.09 Å². The van der Waals surface area contributed by atoms with Crippen LogP contribution in [-0.2, 0) is 4.74 Å². The number of nitrogens with zero attached hydrogens (tertiary/aromatic N) is 2. The standard InChI is InChI=1S/C29H31N5O4/c1-29(2,3)38-28(36)33-23-9-7-20(26-5-4-14-37-26)16-25(23)32-27(35)21-15-19-6-8-22(17-24(19)31-18-21)34-12-10-30-11-13-34/h4-9,14-18,30H,10-13H2,1-3H3,(H,32,35)(H,33,36). The Hall–Kier alpha value is -4.37. The van der Waals surface area contributed by atoms with Crippen molar-refractivity contribution in [3.05, 3.63) is 72.6 Å². The quantitative estimate of drug-likeness (QED) is 0.323. The van der Waals surface area contributed by atoms with E-state index in [2.05, 4.69) is 38.0 Å². The van der Waals surface area contributed by atoms with Crippen LogP contribution in [0.2, 0.25) is 0 Å². The Morgan fingerprint density at radius 3 is 2.55 bits per heavy atom. The van der Waals surface area contributed by atoms with E-state index in [0.29, 0.717) is 22.7 Å². The number of anilines is 3. The van der Waals surface area contributed by atoms with Crippen molar-refractivity contribution >= 4 is 40.0 Å². The Balaban J connectivity index is 1.40. The number of amides is 2. The molecule has 3 heterocycles. The predicted molar refractivity (Wildman–Crippen MR) is 149 cm³/mol. The zero-order valence-corrected chi connectivity index (χ0v) is 21.7. The van der Waals surface area contributed by atoms with E-state index < -0.39 is 11.7 Å². The molecule has 0 saturated carbocycles. The number of carbonyl (C=O) groups is 2. The molecule has 3 N–H and O–H groups in total. The third kappa shape index (κ3) is 5.95. The second kappa shape index (κ2) is 10.5. The molecular formula is C29H31N5O4. The van der Waals surface area contributed by atoms with Crippen LogP contribution in [-0.4, -0.2) is 48.8 Å². The fourth-order valence-corrected chi connectivity index (χ4v) is 4.31. The van der Waals surface area contributed by atoms with Gasteiger partial charge in [0, 0.05) is 49.0 Å². The maximum absolute atomic E-state index is 13.3. The van der Waals surface area contributed by atoms with E-state index in [4.69, 9.17) is 9.15 Å². The molecule has 2 aromatic heterocycles. The first-order valence-electron chi connectivity index (χ1n) is 12.6. The molecule has 0 aliphatic carbocycles. The molecule has 0 spiro atoms. The molecule has 0 radical (unpaired) electrons. The minimum atomic E-state index is -0.664. The molecule has 2 aromatic carbocycles. The lowest BCUT2D eigenvalue weighted by Gasteiger charge is -2.29. The topological polar surface area (TPSA) is 109 Å². The number of hydrogen-bond donors (Lipinski definition) is 3. The average molecular weight is 514 g/mol. The van der Waals surface area contributed by atoms with Crippen LogP contribution >= 0.6 is 0 Å². The molecule has 4 aromatic rings. The van der Waals surface area contributed by atoms with E-state index in [1.54, 1.807) is 57.5 Å². The van der Waals surface area contributed by atoms with Crippen molar-refractivity contribution in [3.63, 3.8) is 0 Å². The molecule has 0 atom stereocenters. The third-order valence-electron chi connectivity index (χ3n) is 6.12. The lowest BCUT2D eigenvalue weighted by molar-refractivity contribution is 0.0635. The molecule has 196 valence electrons. The third-order valence-corrected chi connectivity index (χ3v) is 6.12. The summed E-state index contributed by atoms with van der Waals surface area (Å²) in [4.78, 5) is 32.6. The largest absolute Gasteiger partial charge is 0.464 e. The lowest BCUT2D eigenvalue weighted by Crippen LogP contribution is -2.43. The van der Waals surface area contributed by atoms with Crippen molar-refractivity contribution in [2.24, 2.45) is 0 Å². The van der Waals surface area contributed by atoms with Gasteiger partial charge in [-0.2, -0.15) is 0 Å². The van der Waals surface area contributed by atoms with Crippen molar-refractivity contribution in [2.75, 3.05) is 41.7 Å². The molecule has 2 amide bonds. The van der Waals surface area contributed by atoms with Crippen LogP contribution in [0.15, 0.2) is 71.5 Å². The Labute approximate surface area is 221 Å². The van der Waals surface area contributed by atoms with E-state index in [1.165, 1.54) is 0 Å². The van der Waals surface area contributed by atoms with Crippen LogP contribution in [0.4, 0.5) is 21.9 Å². The van der Waals surface area contributed by atoms with Gasteiger partial charge in [0.2, 0.25) is 0 Å². The van der Waals surface area contributed by atoms with Crippen LogP contribution in [0.1, 0.15) is 31.1 Å². The average Bonchev–Trinajstić information content (AvgIpc) is 3.43. The highest BCUT2D eigenvalue weighted by molar-refractivity contribution is 6.08. The highest BCUT2D eigenvalue weighted by Crippen LogP contribution is 2.31. The Bertz CT molecular complexity index is 1450. The highest BCUT2D eigenvalue weighted by Gasteiger charge is 2.19. The molecule has 1 fully saturated rings. The Morgan fingerprint density at radius 1 is 1.00 bits per heavy atom. The molecule has 1 saturated heterocycles. The number of fused-ring (bicyclic) bond motifs is 1. The number of piperazine rings is 1. The maximum Gasteiger partial charge on any atom is 0.412 e. The number of hydrogen-bond acceptors (Lipinski definition) is 7. The van der Waals surface area contributed by atoms with E-state index in [-0.39, 0.29) is 5.91 Å². The summed E-state index contributed by atoms with van der Waals surface area (Å²) in [5.74, 6) is 0.284. The summed E-state index contributed by atoms with van der Waals surface area (Å²) >= 11 is 0. The summed E-state index contributed by atoms with van der Waals surface area (Å²) < 4.78 is 10.9. The normalized spacial score (nSPS) is 13.8. The summed E-state index contributed by atoms with van der Waals surface area (Å²) in [6, 6.07) is 16.8. The van der Waals surface area contributed by atoms with Crippen molar-refractivity contribution in [1.29, 1.82) is 0 Å². The number of nitrogens with one attached hydrogen (secondary N) is 3. The van der Waals surface area contributed by atoms with Gasteiger partial charge in [-0.3, -0.25) is 15.1 Å². The fourth-order valence-electron chi connectivity index (χ4n) is 4.31. The lowest BCUT2D eigenvalue weighted by atomic mass is 10.1. The summed E-state index contributed by atoms with van der Waals surface area (Å²) in [6.07, 6.45) is 2.53. The molecule has 0 bridgehead atoms. The van der Waals surface area contributed by atoms with Gasteiger partial charge in [0.1, 0.15) is 11.4 Å². The van der Waals surface area contributed by atoms with Crippen LogP contribution in [0.25, 0.3) is 22.2 Å². The van der Waals surface area contributed by atoms with Gasteiger partial charge in [-0.25, -0.2) is 4.79 Å².